The monoisotopic (exact) mass is 348 g/mol. The summed E-state index contributed by atoms with van der Waals surface area (Å²) < 4.78 is 6.40. The number of hydrogen-bond donors (Lipinski definition) is 0. The molecule has 4 aliphatic rings. The van der Waals surface area contributed by atoms with E-state index < -0.39 is 0 Å². The van der Waals surface area contributed by atoms with Crippen molar-refractivity contribution in [2.45, 2.75) is 89.3 Å². The highest BCUT2D eigenvalue weighted by molar-refractivity contribution is 5.78. The molecule has 4 heteroatoms. The molecule has 2 saturated carbocycles. The minimum Gasteiger partial charge on any atom is -0.375 e. The van der Waals surface area contributed by atoms with Crippen molar-refractivity contribution in [1.82, 2.24) is 9.80 Å². The van der Waals surface area contributed by atoms with Gasteiger partial charge in [0.25, 0.3) is 0 Å². The Morgan fingerprint density at radius 2 is 1.76 bits per heavy atom. The van der Waals surface area contributed by atoms with Crippen LogP contribution < -0.4 is 0 Å². The van der Waals surface area contributed by atoms with E-state index in [1.807, 2.05) is 13.8 Å². The van der Waals surface area contributed by atoms with Gasteiger partial charge in [-0.15, -0.1) is 0 Å². The second kappa shape index (κ2) is 7.19. The number of piperidine rings is 1. The number of carbonyl (C=O) groups is 1. The highest BCUT2D eigenvalue weighted by atomic mass is 16.5. The van der Waals surface area contributed by atoms with E-state index in [4.69, 9.17) is 4.74 Å². The summed E-state index contributed by atoms with van der Waals surface area (Å²) in [6, 6.07) is 0.662. The Kier molecular flexibility index (Phi) is 5.11. The lowest BCUT2D eigenvalue weighted by Crippen LogP contribution is -2.75. The average Bonchev–Trinajstić information content (AvgIpc) is 3.45. The molecule has 142 valence electrons. The Morgan fingerprint density at radius 3 is 2.36 bits per heavy atom. The number of amides is 1. The summed E-state index contributed by atoms with van der Waals surface area (Å²) >= 11 is 0. The van der Waals surface area contributed by atoms with Crippen LogP contribution in [0.2, 0.25) is 0 Å². The van der Waals surface area contributed by atoms with Crippen LogP contribution in [0.4, 0.5) is 0 Å². The lowest BCUT2D eigenvalue weighted by atomic mass is 9.69. The van der Waals surface area contributed by atoms with Crippen molar-refractivity contribution in [3.8, 4) is 0 Å². The van der Waals surface area contributed by atoms with Crippen molar-refractivity contribution in [2.75, 3.05) is 26.2 Å². The Hall–Kier alpha value is -0.610. The molecule has 0 aromatic carbocycles. The van der Waals surface area contributed by atoms with Crippen molar-refractivity contribution in [2.24, 2.45) is 11.8 Å². The number of nitrogens with zero attached hydrogens (tertiary/aromatic N) is 2. The predicted molar refractivity (Wildman–Crippen MR) is 99.4 cm³/mol. The first-order valence-corrected chi connectivity index (χ1v) is 10.8. The van der Waals surface area contributed by atoms with Gasteiger partial charge in [-0.05, 0) is 44.4 Å². The lowest BCUT2D eigenvalue weighted by molar-refractivity contribution is -0.203. The smallest absolute Gasteiger partial charge is 0.225 e. The summed E-state index contributed by atoms with van der Waals surface area (Å²) in [6.45, 7) is 8.06. The molecule has 2 aliphatic carbocycles. The van der Waals surface area contributed by atoms with Crippen LogP contribution in [-0.4, -0.2) is 59.6 Å². The van der Waals surface area contributed by atoms with Gasteiger partial charge in [0.05, 0.1) is 6.10 Å². The first-order chi connectivity index (χ1) is 12.1. The molecule has 0 aromatic rings. The molecule has 1 amide bonds. The van der Waals surface area contributed by atoms with Gasteiger partial charge in [-0.25, -0.2) is 0 Å². The largest absolute Gasteiger partial charge is 0.375 e. The topological polar surface area (TPSA) is 32.8 Å². The summed E-state index contributed by atoms with van der Waals surface area (Å²) in [6.07, 6.45) is 12.3. The molecule has 4 fully saturated rings. The zero-order valence-electron chi connectivity index (χ0n) is 16.2. The summed E-state index contributed by atoms with van der Waals surface area (Å²) in [5.74, 6) is 1.32. The first-order valence-electron chi connectivity index (χ1n) is 10.8. The fourth-order valence-electron chi connectivity index (χ4n) is 5.40. The van der Waals surface area contributed by atoms with Gasteiger partial charge in [0.1, 0.15) is 0 Å². The van der Waals surface area contributed by atoms with Gasteiger partial charge in [0.2, 0.25) is 5.91 Å². The molecule has 1 atom stereocenters. The normalized spacial score (nSPS) is 30.7. The third kappa shape index (κ3) is 3.49. The molecule has 1 unspecified atom stereocenters. The predicted octanol–water partition coefficient (Wildman–Crippen LogP) is 3.45. The number of carbonyl (C=O) groups excluding carboxylic acids is 1. The fourth-order valence-corrected chi connectivity index (χ4v) is 5.40. The van der Waals surface area contributed by atoms with E-state index >= 15 is 0 Å². The fraction of sp³-hybridized carbons (Fsp3) is 0.952. The molecule has 1 spiro atoms. The standard InChI is InChI=1S/C21H36N2O2/c1-16(2)20(24)22-12-8-18(9-13-22)23-14-19(25-15-17-6-7-17)21(23)10-4-3-5-11-21/h16-19H,3-15H2,1-2H3. The Bertz CT molecular complexity index is 474. The summed E-state index contributed by atoms with van der Waals surface area (Å²) in [5.41, 5.74) is 0.335. The van der Waals surface area contributed by atoms with E-state index in [0.29, 0.717) is 23.6 Å². The molecule has 0 aromatic heterocycles. The van der Waals surface area contributed by atoms with Crippen LogP contribution >= 0.6 is 0 Å². The molecular formula is C21H36N2O2. The van der Waals surface area contributed by atoms with Crippen molar-refractivity contribution < 1.29 is 9.53 Å². The molecule has 2 saturated heterocycles. The van der Waals surface area contributed by atoms with E-state index in [-0.39, 0.29) is 5.92 Å². The second-order valence-electron chi connectivity index (χ2n) is 9.29. The highest BCUT2D eigenvalue weighted by Crippen LogP contribution is 2.48. The molecule has 0 radical (unpaired) electrons. The van der Waals surface area contributed by atoms with Gasteiger partial charge >= 0.3 is 0 Å². The number of likely N-dealkylation sites (tertiary alicyclic amines) is 2. The summed E-state index contributed by atoms with van der Waals surface area (Å²) in [4.78, 5) is 17.2. The van der Waals surface area contributed by atoms with Gasteiger partial charge in [0, 0.05) is 43.7 Å². The van der Waals surface area contributed by atoms with Crippen molar-refractivity contribution in [1.29, 1.82) is 0 Å². The number of hydrogen-bond acceptors (Lipinski definition) is 3. The van der Waals surface area contributed by atoms with Crippen molar-refractivity contribution in [3.63, 3.8) is 0 Å². The van der Waals surface area contributed by atoms with Crippen LogP contribution in [0.25, 0.3) is 0 Å². The molecule has 25 heavy (non-hydrogen) atoms. The van der Waals surface area contributed by atoms with E-state index in [0.717, 1.165) is 45.0 Å². The Labute approximate surface area is 153 Å². The molecular weight excluding hydrogens is 312 g/mol. The SMILES string of the molecule is CC(C)C(=O)N1CCC(N2CC(OCC3CC3)C23CCCCC3)CC1. The van der Waals surface area contributed by atoms with Gasteiger partial charge in [-0.3, -0.25) is 9.69 Å². The van der Waals surface area contributed by atoms with Crippen LogP contribution in [0.5, 0.6) is 0 Å². The van der Waals surface area contributed by atoms with Gasteiger partial charge < -0.3 is 9.64 Å². The van der Waals surface area contributed by atoms with Gasteiger partial charge in [-0.2, -0.15) is 0 Å². The lowest BCUT2D eigenvalue weighted by Gasteiger charge is -2.63. The highest BCUT2D eigenvalue weighted by Gasteiger charge is 2.56. The molecule has 4 rings (SSSR count). The number of rotatable bonds is 5. The molecule has 4 nitrogen and oxygen atoms in total. The maximum atomic E-state index is 12.3. The third-order valence-electron chi connectivity index (χ3n) is 7.19. The Balaban J connectivity index is 1.36. The zero-order valence-corrected chi connectivity index (χ0v) is 16.2. The Morgan fingerprint density at radius 1 is 1.08 bits per heavy atom. The average molecular weight is 349 g/mol. The third-order valence-corrected chi connectivity index (χ3v) is 7.19. The van der Waals surface area contributed by atoms with E-state index in [1.165, 1.54) is 44.9 Å². The minimum absolute atomic E-state index is 0.130. The van der Waals surface area contributed by atoms with Crippen LogP contribution in [0.3, 0.4) is 0 Å². The zero-order chi connectivity index (χ0) is 17.4. The maximum Gasteiger partial charge on any atom is 0.225 e. The van der Waals surface area contributed by atoms with E-state index in [2.05, 4.69) is 9.80 Å². The van der Waals surface area contributed by atoms with Crippen molar-refractivity contribution >= 4 is 5.91 Å². The van der Waals surface area contributed by atoms with Crippen LogP contribution in [0.1, 0.15) is 71.6 Å². The van der Waals surface area contributed by atoms with Crippen LogP contribution in [-0.2, 0) is 9.53 Å². The molecule has 0 bridgehead atoms. The summed E-state index contributed by atoms with van der Waals surface area (Å²) in [7, 11) is 0. The van der Waals surface area contributed by atoms with Crippen molar-refractivity contribution in [3.05, 3.63) is 0 Å². The van der Waals surface area contributed by atoms with Gasteiger partial charge in [-0.1, -0.05) is 33.1 Å². The number of ether oxygens (including phenoxy) is 1. The minimum atomic E-state index is 0.130. The van der Waals surface area contributed by atoms with E-state index in [9.17, 15) is 4.79 Å². The maximum absolute atomic E-state index is 12.3. The molecule has 2 aliphatic heterocycles. The quantitative estimate of drug-likeness (QED) is 0.763. The molecule has 0 N–H and O–H groups in total. The van der Waals surface area contributed by atoms with Crippen LogP contribution in [0, 0.1) is 11.8 Å². The van der Waals surface area contributed by atoms with Gasteiger partial charge in [0.15, 0.2) is 0 Å². The second-order valence-corrected chi connectivity index (χ2v) is 9.29. The van der Waals surface area contributed by atoms with Crippen LogP contribution in [0.15, 0.2) is 0 Å². The first kappa shape index (κ1) is 17.8. The van der Waals surface area contributed by atoms with E-state index in [1.54, 1.807) is 0 Å². The molecule has 2 heterocycles. The summed E-state index contributed by atoms with van der Waals surface area (Å²) in [5, 5.41) is 0.